The normalized spacial score (nSPS) is 34.2. The highest BCUT2D eigenvalue weighted by molar-refractivity contribution is 5.95. The highest BCUT2D eigenvalue weighted by atomic mass is 16.6. The van der Waals surface area contributed by atoms with Crippen molar-refractivity contribution in [1.82, 2.24) is 20.1 Å². The van der Waals surface area contributed by atoms with Crippen molar-refractivity contribution < 1.29 is 43.2 Å². The number of piperidine rings is 1. The number of esters is 3. The molecule has 5 aliphatic heterocycles. The average Bonchev–Trinajstić information content (AvgIpc) is 3.98. The van der Waals surface area contributed by atoms with Crippen LogP contribution in [-0.2, 0) is 50.6 Å². The summed E-state index contributed by atoms with van der Waals surface area (Å²) in [6, 6.07) is 11.0. The quantitative estimate of drug-likeness (QED) is 0.0882. The van der Waals surface area contributed by atoms with Crippen LogP contribution in [0.3, 0.4) is 0 Å². The summed E-state index contributed by atoms with van der Waals surface area (Å²) >= 11 is 0. The van der Waals surface area contributed by atoms with E-state index < -0.39 is 57.4 Å². The molecule has 0 radical (unpaired) electrons. The van der Waals surface area contributed by atoms with E-state index in [9.17, 15) is 19.5 Å². The fourth-order valence-electron chi connectivity index (χ4n) is 14.6. The summed E-state index contributed by atoms with van der Waals surface area (Å²) in [7, 11) is 6.20. The molecule has 1 aliphatic carbocycles. The van der Waals surface area contributed by atoms with Gasteiger partial charge in [0, 0.05) is 97.4 Å². The van der Waals surface area contributed by atoms with E-state index in [1.807, 2.05) is 37.1 Å². The van der Waals surface area contributed by atoms with E-state index in [1.54, 1.807) is 7.11 Å². The SMILES string of the molecule is CCCCCC(=O)N[C@@]1(CC)C[C@H]2CN(CCc3c([nH]c4ccccc34)[C@@](C(=O)OC)(c3cc4c(cc3OC)N(C)[C@H]3[C@@](O)(C(=O)OC)[C@H](OC(C)=O)[C@]5(CC)C=CCN6CC[C@]43[C@@H]65)C2)C1. The molecule has 2 aromatic carbocycles. The standard InChI is InChI=1S/C52H69N5O9/c1-9-12-13-19-41(59)54-48(10-2)28-33-29-51(46(60)64-7,42-35(20-24-56(30-33)31-48)34-17-14-15-18-38(34)53-42)37-26-36-39(27-40(37)63-6)55(5)44-50(36)22-25-57-23-16-21-49(11-3,43(50)57)45(66-32(4)58)52(44,62)47(61)65-8/h14-18,21,26-27,33,43-45,53,62H,9-13,19-20,22-25,28-31H2,1-8H3,(H,54,59)/t33-,43+,44-,45-,48+,49-,50-,51+,52+/m1/s1. The topological polar surface area (TPSA) is 163 Å². The number of fused-ring (bicyclic) bond motifs is 6. The number of rotatable bonds is 12. The van der Waals surface area contributed by atoms with E-state index in [0.29, 0.717) is 69.5 Å². The minimum atomic E-state index is -2.32. The van der Waals surface area contributed by atoms with Crippen molar-refractivity contribution in [3.8, 4) is 5.75 Å². The van der Waals surface area contributed by atoms with Gasteiger partial charge in [-0.2, -0.15) is 0 Å². The van der Waals surface area contributed by atoms with Crippen LogP contribution in [0.5, 0.6) is 5.75 Å². The van der Waals surface area contributed by atoms with Gasteiger partial charge in [0.15, 0.2) is 6.10 Å². The maximum Gasteiger partial charge on any atom is 0.344 e. The summed E-state index contributed by atoms with van der Waals surface area (Å²) in [5.74, 6) is -1.46. The molecule has 3 fully saturated rings. The number of unbranched alkanes of at least 4 members (excludes halogenated alkanes) is 2. The Bertz CT molecular complexity index is 2450. The zero-order valence-corrected chi connectivity index (χ0v) is 40.1. The smallest absolute Gasteiger partial charge is 0.344 e. The lowest BCUT2D eigenvalue weighted by Gasteiger charge is -2.63. The number of likely N-dealkylation sites (N-methyl/N-ethyl adjacent to an activating group) is 1. The van der Waals surface area contributed by atoms with Gasteiger partial charge in [0.1, 0.15) is 11.2 Å². The van der Waals surface area contributed by atoms with E-state index in [0.717, 1.165) is 72.2 Å². The van der Waals surface area contributed by atoms with E-state index in [1.165, 1.54) is 21.1 Å². The summed E-state index contributed by atoms with van der Waals surface area (Å²) in [6.45, 7) is 11.1. The molecule has 14 nitrogen and oxygen atoms in total. The van der Waals surface area contributed by atoms with Crippen LogP contribution in [0.15, 0.2) is 48.6 Å². The van der Waals surface area contributed by atoms with Gasteiger partial charge in [-0.15, -0.1) is 0 Å². The third-order valence-corrected chi connectivity index (χ3v) is 17.0. The molecule has 9 rings (SSSR count). The third kappa shape index (κ3) is 6.50. The Morgan fingerprint density at radius 3 is 2.41 bits per heavy atom. The van der Waals surface area contributed by atoms with Crippen LogP contribution >= 0.6 is 0 Å². The van der Waals surface area contributed by atoms with Gasteiger partial charge in [-0.1, -0.05) is 64.0 Å². The van der Waals surface area contributed by atoms with Crippen LogP contribution < -0.4 is 15.0 Å². The summed E-state index contributed by atoms with van der Waals surface area (Å²) < 4.78 is 24.2. The monoisotopic (exact) mass is 908 g/mol. The third-order valence-electron chi connectivity index (χ3n) is 17.0. The molecule has 10 atom stereocenters. The number of aromatic amines is 1. The highest BCUT2D eigenvalue weighted by Crippen LogP contribution is 2.68. The van der Waals surface area contributed by atoms with Crippen molar-refractivity contribution in [2.75, 3.05) is 66.0 Å². The number of aliphatic hydroxyl groups is 1. The molecule has 3 N–H and O–H groups in total. The van der Waals surface area contributed by atoms with Gasteiger partial charge in [0.2, 0.25) is 11.5 Å². The number of aromatic nitrogens is 1. The molecule has 2 saturated heterocycles. The number of carbonyl (C=O) groups excluding carboxylic acids is 4. The van der Waals surface area contributed by atoms with Crippen LogP contribution in [0.4, 0.5) is 5.69 Å². The Morgan fingerprint density at radius 1 is 0.939 bits per heavy atom. The zero-order valence-electron chi connectivity index (χ0n) is 40.1. The summed E-state index contributed by atoms with van der Waals surface area (Å²) in [6.07, 6.45) is 9.62. The fraction of sp³-hybridized carbons (Fsp3) is 0.615. The van der Waals surface area contributed by atoms with Crippen LogP contribution in [0.1, 0.15) is 108 Å². The van der Waals surface area contributed by atoms with Gasteiger partial charge in [-0.3, -0.25) is 19.3 Å². The molecule has 66 heavy (non-hydrogen) atoms. The predicted molar refractivity (Wildman–Crippen MR) is 250 cm³/mol. The molecule has 3 aromatic rings. The van der Waals surface area contributed by atoms with Crippen LogP contribution in [0.25, 0.3) is 10.9 Å². The number of nitrogens with one attached hydrogen (secondary N) is 2. The number of nitrogens with zero attached hydrogens (tertiary/aromatic N) is 3. The molecule has 2 bridgehead atoms. The van der Waals surface area contributed by atoms with Crippen molar-refractivity contribution in [3.63, 3.8) is 0 Å². The molecule has 356 valence electrons. The number of benzene rings is 2. The number of anilines is 1. The Hall–Kier alpha value is -4.92. The maximum atomic E-state index is 15.6. The number of methoxy groups -OCH3 is 3. The number of amides is 1. The Balaban J connectivity index is 1.30. The van der Waals surface area contributed by atoms with E-state index in [4.69, 9.17) is 18.9 Å². The molecule has 1 spiro atoms. The zero-order chi connectivity index (χ0) is 47.0. The minimum Gasteiger partial charge on any atom is -0.496 e. The molecular formula is C52H69N5O9. The second-order valence-corrected chi connectivity index (χ2v) is 20.3. The van der Waals surface area contributed by atoms with E-state index >= 15 is 4.79 Å². The number of hydrogen-bond acceptors (Lipinski definition) is 12. The van der Waals surface area contributed by atoms with Crippen LogP contribution in [0.2, 0.25) is 0 Å². The molecule has 1 amide bonds. The van der Waals surface area contributed by atoms with Crippen molar-refractivity contribution >= 4 is 40.4 Å². The van der Waals surface area contributed by atoms with Crippen LogP contribution in [-0.4, -0.2) is 134 Å². The number of H-pyrrole nitrogens is 1. The number of carbonyl (C=O) groups is 4. The average molecular weight is 908 g/mol. The molecule has 1 saturated carbocycles. The first kappa shape index (κ1) is 46.2. The predicted octanol–water partition coefficient (Wildman–Crippen LogP) is 5.70. The van der Waals surface area contributed by atoms with Crippen LogP contribution in [0, 0.1) is 11.3 Å². The van der Waals surface area contributed by atoms with Gasteiger partial charge >= 0.3 is 17.9 Å². The maximum absolute atomic E-state index is 15.6. The Kier molecular flexibility index (Phi) is 11.9. The van der Waals surface area contributed by atoms with Gasteiger partial charge < -0.3 is 44.2 Å². The highest BCUT2D eigenvalue weighted by Gasteiger charge is 2.80. The Morgan fingerprint density at radius 2 is 1.71 bits per heavy atom. The first-order valence-electron chi connectivity index (χ1n) is 24.3. The first-order chi connectivity index (χ1) is 31.7. The van der Waals surface area contributed by atoms with Crippen molar-refractivity contribution in [1.29, 1.82) is 0 Å². The molecule has 1 aromatic heterocycles. The molecular weight excluding hydrogens is 839 g/mol. The van der Waals surface area contributed by atoms with Crippen molar-refractivity contribution in [2.24, 2.45) is 11.3 Å². The second kappa shape index (κ2) is 17.0. The first-order valence-corrected chi connectivity index (χ1v) is 24.3. The molecule has 14 heteroatoms. The lowest BCUT2D eigenvalue weighted by Crippen LogP contribution is -2.81. The Labute approximate surface area is 388 Å². The fourth-order valence-corrected chi connectivity index (χ4v) is 14.6. The van der Waals surface area contributed by atoms with Gasteiger partial charge in [0.05, 0.1) is 32.9 Å². The minimum absolute atomic E-state index is 0.0658. The molecule has 1 unspecified atom stereocenters. The van der Waals surface area contributed by atoms with E-state index in [-0.39, 0.29) is 17.9 Å². The van der Waals surface area contributed by atoms with Crippen molar-refractivity contribution in [3.05, 3.63) is 70.9 Å². The second-order valence-electron chi connectivity index (χ2n) is 20.3. The summed E-state index contributed by atoms with van der Waals surface area (Å²) in [5, 5.41) is 18.0. The molecule has 6 heterocycles. The number of para-hydroxylation sites is 1. The van der Waals surface area contributed by atoms with Gasteiger partial charge in [0.25, 0.3) is 0 Å². The lowest BCUT2D eigenvalue weighted by atomic mass is 9.47. The molecule has 6 aliphatic rings. The summed E-state index contributed by atoms with van der Waals surface area (Å²) in [4.78, 5) is 67.6. The van der Waals surface area contributed by atoms with Gasteiger partial charge in [-0.05, 0) is 80.7 Å². The van der Waals surface area contributed by atoms with E-state index in [2.05, 4.69) is 64.3 Å². The largest absolute Gasteiger partial charge is 0.496 e. The number of hydrogen-bond donors (Lipinski definition) is 3. The lowest BCUT2D eigenvalue weighted by molar-refractivity contribution is -0.228. The van der Waals surface area contributed by atoms with Crippen molar-refractivity contribution in [2.45, 2.75) is 132 Å². The summed E-state index contributed by atoms with van der Waals surface area (Å²) in [5.41, 5.74) is -1.23. The van der Waals surface area contributed by atoms with Gasteiger partial charge in [-0.25, -0.2) is 4.79 Å². The number of ether oxygens (including phenoxy) is 4.